The Morgan fingerprint density at radius 2 is 1.76 bits per heavy atom. The zero-order valence-corrected chi connectivity index (χ0v) is 16.3. The maximum Gasteiger partial charge on any atom is 0.253 e. The van der Waals surface area contributed by atoms with Gasteiger partial charge < -0.3 is 19.5 Å². The van der Waals surface area contributed by atoms with Crippen molar-refractivity contribution in [3.63, 3.8) is 0 Å². The van der Waals surface area contributed by atoms with Crippen molar-refractivity contribution in [1.29, 1.82) is 0 Å². The number of hydrogen-bond acceptors (Lipinski definition) is 6. The van der Waals surface area contributed by atoms with Gasteiger partial charge in [0.05, 0.1) is 38.3 Å². The van der Waals surface area contributed by atoms with Gasteiger partial charge in [-0.3, -0.25) is 9.10 Å². The topological polar surface area (TPSA) is 94.2 Å². The smallest absolute Gasteiger partial charge is 0.253 e. The Hall–Kier alpha value is -2.00. The van der Waals surface area contributed by atoms with Crippen LogP contribution in [0.3, 0.4) is 0 Å². The van der Waals surface area contributed by atoms with E-state index in [4.69, 9.17) is 14.2 Å². The third kappa shape index (κ3) is 5.23. The number of nitrogens with one attached hydrogen (secondary N) is 1. The number of nitrogens with zero attached hydrogens (tertiary/aromatic N) is 1. The number of methoxy groups -OCH3 is 3. The first-order valence-electron chi connectivity index (χ1n) is 7.73. The fraction of sp³-hybridized carbons (Fsp3) is 0.562. The lowest BCUT2D eigenvalue weighted by atomic mass is 10.1. The predicted molar refractivity (Wildman–Crippen MR) is 96.2 cm³/mol. The third-order valence-electron chi connectivity index (χ3n) is 3.50. The molecule has 1 aromatic rings. The summed E-state index contributed by atoms with van der Waals surface area (Å²) in [5, 5.41) is 2.77. The number of carbonyl (C=O) groups is 1. The minimum absolute atomic E-state index is 0.169. The molecule has 0 radical (unpaired) electrons. The van der Waals surface area contributed by atoms with Gasteiger partial charge in [-0.25, -0.2) is 8.42 Å². The lowest BCUT2D eigenvalue weighted by molar-refractivity contribution is 0.0906. The van der Waals surface area contributed by atoms with Crippen LogP contribution in [0.15, 0.2) is 12.1 Å². The molecule has 0 saturated carbocycles. The predicted octanol–water partition coefficient (Wildman–Crippen LogP) is 1.25. The lowest BCUT2D eigenvalue weighted by Gasteiger charge is -2.25. The molecule has 0 heterocycles. The van der Waals surface area contributed by atoms with Crippen LogP contribution in [0.2, 0.25) is 0 Å². The third-order valence-corrected chi connectivity index (χ3v) is 4.75. The van der Waals surface area contributed by atoms with E-state index in [1.807, 2.05) is 0 Å². The molecule has 8 nitrogen and oxygen atoms in total. The Labute approximate surface area is 149 Å². The van der Waals surface area contributed by atoms with Crippen LogP contribution in [-0.4, -0.2) is 61.1 Å². The van der Waals surface area contributed by atoms with E-state index < -0.39 is 15.9 Å². The Morgan fingerprint density at radius 3 is 2.20 bits per heavy atom. The van der Waals surface area contributed by atoms with Crippen LogP contribution in [0.5, 0.6) is 11.5 Å². The minimum atomic E-state index is -3.58. The molecule has 0 aliphatic heterocycles. The number of sulfonamides is 1. The van der Waals surface area contributed by atoms with Crippen LogP contribution < -0.4 is 19.1 Å². The highest BCUT2D eigenvalue weighted by atomic mass is 32.2. The SMILES string of the molecule is CCN(c1cc(OC)c(OC)cc1C(=O)N[C@H](C)COC)S(C)(=O)=O. The highest BCUT2D eigenvalue weighted by molar-refractivity contribution is 7.92. The van der Waals surface area contributed by atoms with Gasteiger partial charge in [-0.2, -0.15) is 0 Å². The van der Waals surface area contributed by atoms with Crippen molar-refractivity contribution in [3.05, 3.63) is 17.7 Å². The second-order valence-corrected chi connectivity index (χ2v) is 7.39. The molecule has 1 rings (SSSR count). The van der Waals surface area contributed by atoms with E-state index in [1.165, 1.54) is 33.5 Å². The van der Waals surface area contributed by atoms with E-state index in [0.29, 0.717) is 18.1 Å². The fourth-order valence-corrected chi connectivity index (χ4v) is 3.41. The number of carbonyl (C=O) groups excluding carboxylic acids is 1. The van der Waals surface area contributed by atoms with Gasteiger partial charge in [0.2, 0.25) is 10.0 Å². The first-order chi connectivity index (χ1) is 11.7. The van der Waals surface area contributed by atoms with Gasteiger partial charge in [-0.15, -0.1) is 0 Å². The summed E-state index contributed by atoms with van der Waals surface area (Å²) in [5.41, 5.74) is 0.401. The largest absolute Gasteiger partial charge is 0.493 e. The number of benzene rings is 1. The molecule has 0 aliphatic carbocycles. The van der Waals surface area contributed by atoms with Crippen LogP contribution in [0, 0.1) is 0 Å². The highest BCUT2D eigenvalue weighted by Crippen LogP contribution is 2.36. The van der Waals surface area contributed by atoms with Crippen LogP contribution in [0.1, 0.15) is 24.2 Å². The highest BCUT2D eigenvalue weighted by Gasteiger charge is 2.25. The molecule has 142 valence electrons. The van der Waals surface area contributed by atoms with Gasteiger partial charge in [0.25, 0.3) is 5.91 Å². The summed E-state index contributed by atoms with van der Waals surface area (Å²) in [6.45, 7) is 3.98. The van der Waals surface area contributed by atoms with Gasteiger partial charge in [0.15, 0.2) is 11.5 Å². The molecule has 1 N–H and O–H groups in total. The average molecular weight is 374 g/mol. The molecule has 1 aromatic carbocycles. The van der Waals surface area contributed by atoms with Gasteiger partial charge >= 0.3 is 0 Å². The van der Waals surface area contributed by atoms with E-state index in [1.54, 1.807) is 13.8 Å². The Kier molecular flexibility index (Phi) is 7.50. The van der Waals surface area contributed by atoms with Crippen molar-refractivity contribution in [3.8, 4) is 11.5 Å². The maximum atomic E-state index is 12.7. The molecule has 0 fully saturated rings. The van der Waals surface area contributed by atoms with E-state index in [-0.39, 0.29) is 23.8 Å². The number of ether oxygens (including phenoxy) is 3. The summed E-state index contributed by atoms with van der Waals surface area (Å²) in [4.78, 5) is 12.7. The van der Waals surface area contributed by atoms with Crippen LogP contribution >= 0.6 is 0 Å². The number of amides is 1. The molecule has 1 amide bonds. The molecule has 0 bridgehead atoms. The van der Waals surface area contributed by atoms with E-state index in [0.717, 1.165) is 10.6 Å². The second kappa shape index (κ2) is 8.91. The second-order valence-electron chi connectivity index (χ2n) is 5.48. The standard InChI is InChI=1S/C16H26N2O6S/c1-7-18(25(6,20)21)13-9-15(24-5)14(23-4)8-12(13)16(19)17-11(2)10-22-3/h8-9,11H,7,10H2,1-6H3,(H,17,19)/t11-/m1/s1. The molecule has 9 heteroatoms. The van der Waals surface area contributed by atoms with Crippen molar-refractivity contribution in [2.45, 2.75) is 19.9 Å². The van der Waals surface area contributed by atoms with E-state index in [9.17, 15) is 13.2 Å². The Morgan fingerprint density at radius 1 is 1.20 bits per heavy atom. The monoisotopic (exact) mass is 374 g/mol. The van der Waals surface area contributed by atoms with Gasteiger partial charge in [-0.05, 0) is 19.9 Å². The number of anilines is 1. The summed E-state index contributed by atoms with van der Waals surface area (Å²) in [5.74, 6) is 0.240. The van der Waals surface area contributed by atoms with Crippen molar-refractivity contribution in [1.82, 2.24) is 5.32 Å². The minimum Gasteiger partial charge on any atom is -0.493 e. The number of hydrogen-bond donors (Lipinski definition) is 1. The van der Waals surface area contributed by atoms with Crippen molar-refractivity contribution < 1.29 is 27.4 Å². The van der Waals surface area contributed by atoms with E-state index in [2.05, 4.69) is 5.32 Å². The number of rotatable bonds is 9. The van der Waals surface area contributed by atoms with Crippen molar-refractivity contribution in [2.75, 3.05) is 45.0 Å². The Balaban J connectivity index is 3.49. The molecule has 0 aromatic heterocycles. The zero-order valence-electron chi connectivity index (χ0n) is 15.5. The summed E-state index contributed by atoms with van der Waals surface area (Å²) in [6.07, 6.45) is 1.09. The van der Waals surface area contributed by atoms with Crippen LogP contribution in [-0.2, 0) is 14.8 Å². The van der Waals surface area contributed by atoms with Crippen LogP contribution in [0.25, 0.3) is 0 Å². The van der Waals surface area contributed by atoms with E-state index >= 15 is 0 Å². The molecule has 0 spiro atoms. The summed E-state index contributed by atoms with van der Waals surface area (Å²) in [7, 11) is 0.848. The summed E-state index contributed by atoms with van der Waals surface area (Å²) in [6, 6.07) is 2.71. The molecule has 1 atom stereocenters. The summed E-state index contributed by atoms with van der Waals surface area (Å²) >= 11 is 0. The quantitative estimate of drug-likeness (QED) is 0.699. The molecular weight excluding hydrogens is 348 g/mol. The molecule has 0 aliphatic rings. The van der Waals surface area contributed by atoms with Gasteiger partial charge in [0.1, 0.15) is 0 Å². The van der Waals surface area contributed by atoms with Crippen molar-refractivity contribution >= 4 is 21.6 Å². The fourth-order valence-electron chi connectivity index (χ4n) is 2.43. The summed E-state index contributed by atoms with van der Waals surface area (Å²) < 4.78 is 40.9. The van der Waals surface area contributed by atoms with Gasteiger partial charge in [0, 0.05) is 25.8 Å². The van der Waals surface area contributed by atoms with Gasteiger partial charge in [-0.1, -0.05) is 0 Å². The Bertz CT molecular complexity index is 705. The molecule has 25 heavy (non-hydrogen) atoms. The van der Waals surface area contributed by atoms with Crippen molar-refractivity contribution in [2.24, 2.45) is 0 Å². The molecule has 0 saturated heterocycles. The first kappa shape index (κ1) is 21.0. The molecule has 0 unspecified atom stereocenters. The average Bonchev–Trinajstić information content (AvgIpc) is 2.53. The first-order valence-corrected chi connectivity index (χ1v) is 9.57. The van der Waals surface area contributed by atoms with Crippen LogP contribution in [0.4, 0.5) is 5.69 Å². The zero-order chi connectivity index (χ0) is 19.2. The lowest BCUT2D eigenvalue weighted by Crippen LogP contribution is -2.37. The maximum absolute atomic E-state index is 12.7. The molecular formula is C16H26N2O6S. The normalized spacial score (nSPS) is 12.4.